The van der Waals surface area contributed by atoms with Crippen molar-refractivity contribution in [3.8, 4) is 0 Å². The molecule has 5 heteroatoms. The molecule has 1 saturated heterocycles. The molecule has 3 heterocycles. The van der Waals surface area contributed by atoms with Gasteiger partial charge >= 0.3 is 0 Å². The average molecular weight is 259 g/mol. The number of imidazole rings is 1. The van der Waals surface area contributed by atoms with Crippen LogP contribution >= 0.6 is 0 Å². The molecular formula is C14H17N3O2. The SMILES string of the molecule is O=C(Cc1cn2ccccc2n1)NCC1CCCO1. The number of nitrogens with zero attached hydrogens (tertiary/aromatic N) is 2. The average Bonchev–Trinajstić information content (AvgIpc) is 3.04. The Labute approximate surface area is 111 Å². The van der Waals surface area contributed by atoms with Gasteiger partial charge in [0.05, 0.1) is 18.2 Å². The minimum Gasteiger partial charge on any atom is -0.376 e. The Bertz CT molecular complexity index is 540. The van der Waals surface area contributed by atoms with E-state index in [0.717, 1.165) is 30.8 Å². The van der Waals surface area contributed by atoms with E-state index in [1.54, 1.807) is 0 Å². The lowest BCUT2D eigenvalue weighted by molar-refractivity contribution is -0.121. The summed E-state index contributed by atoms with van der Waals surface area (Å²) in [5.41, 5.74) is 1.65. The van der Waals surface area contributed by atoms with Gasteiger partial charge in [-0.05, 0) is 25.0 Å². The van der Waals surface area contributed by atoms with Crippen LogP contribution in [0.1, 0.15) is 18.5 Å². The summed E-state index contributed by atoms with van der Waals surface area (Å²) in [5, 5.41) is 2.90. The lowest BCUT2D eigenvalue weighted by Gasteiger charge is -2.09. The molecule has 0 aromatic carbocycles. The molecule has 2 aromatic rings. The molecule has 1 aliphatic heterocycles. The maximum absolute atomic E-state index is 11.8. The van der Waals surface area contributed by atoms with E-state index >= 15 is 0 Å². The van der Waals surface area contributed by atoms with Crippen molar-refractivity contribution >= 4 is 11.6 Å². The van der Waals surface area contributed by atoms with Crippen LogP contribution in [0, 0.1) is 0 Å². The molecule has 0 radical (unpaired) electrons. The zero-order chi connectivity index (χ0) is 13.1. The smallest absolute Gasteiger partial charge is 0.226 e. The van der Waals surface area contributed by atoms with E-state index in [1.807, 2.05) is 35.0 Å². The van der Waals surface area contributed by atoms with Crippen LogP contribution in [0.25, 0.3) is 5.65 Å². The van der Waals surface area contributed by atoms with Crippen molar-refractivity contribution in [2.75, 3.05) is 13.2 Å². The van der Waals surface area contributed by atoms with E-state index in [4.69, 9.17) is 4.74 Å². The Morgan fingerprint density at radius 1 is 1.53 bits per heavy atom. The van der Waals surface area contributed by atoms with Gasteiger partial charge in [-0.2, -0.15) is 0 Å². The zero-order valence-corrected chi connectivity index (χ0v) is 10.7. The lowest BCUT2D eigenvalue weighted by Crippen LogP contribution is -2.32. The number of fused-ring (bicyclic) bond motifs is 1. The number of carbonyl (C=O) groups is 1. The number of nitrogens with one attached hydrogen (secondary N) is 1. The van der Waals surface area contributed by atoms with Crippen LogP contribution < -0.4 is 5.32 Å². The fourth-order valence-electron chi connectivity index (χ4n) is 2.33. The Morgan fingerprint density at radius 3 is 3.26 bits per heavy atom. The normalized spacial score (nSPS) is 18.8. The summed E-state index contributed by atoms with van der Waals surface area (Å²) in [7, 11) is 0. The number of hydrogen-bond donors (Lipinski definition) is 1. The second kappa shape index (κ2) is 5.40. The summed E-state index contributed by atoms with van der Waals surface area (Å²) in [6.07, 6.45) is 6.44. The van der Waals surface area contributed by atoms with Gasteiger partial charge in [-0.25, -0.2) is 4.98 Å². The molecule has 19 heavy (non-hydrogen) atoms. The molecule has 1 unspecified atom stereocenters. The van der Waals surface area contributed by atoms with E-state index < -0.39 is 0 Å². The standard InChI is InChI=1S/C14H17N3O2/c18-14(15-9-12-4-3-7-19-12)8-11-10-17-6-2-1-5-13(17)16-11/h1-2,5-6,10,12H,3-4,7-9H2,(H,15,18). The van der Waals surface area contributed by atoms with E-state index in [2.05, 4.69) is 10.3 Å². The van der Waals surface area contributed by atoms with E-state index in [1.165, 1.54) is 0 Å². The molecule has 0 spiro atoms. The molecule has 100 valence electrons. The Balaban J connectivity index is 1.56. The molecule has 1 aliphatic rings. The first-order chi connectivity index (χ1) is 9.31. The fourth-order valence-corrected chi connectivity index (χ4v) is 2.33. The third kappa shape index (κ3) is 2.93. The fraction of sp³-hybridized carbons (Fsp3) is 0.429. The monoisotopic (exact) mass is 259 g/mol. The van der Waals surface area contributed by atoms with E-state index in [9.17, 15) is 4.79 Å². The van der Waals surface area contributed by atoms with Gasteiger partial charge in [0, 0.05) is 25.5 Å². The van der Waals surface area contributed by atoms with Gasteiger partial charge in [0.1, 0.15) is 5.65 Å². The minimum absolute atomic E-state index is 0.00101. The van der Waals surface area contributed by atoms with Crippen molar-refractivity contribution in [1.29, 1.82) is 0 Å². The van der Waals surface area contributed by atoms with Gasteiger partial charge < -0.3 is 14.5 Å². The van der Waals surface area contributed by atoms with Gasteiger partial charge in [0.25, 0.3) is 0 Å². The van der Waals surface area contributed by atoms with Crippen LogP contribution in [-0.4, -0.2) is 34.5 Å². The van der Waals surface area contributed by atoms with Crippen molar-refractivity contribution < 1.29 is 9.53 Å². The topological polar surface area (TPSA) is 55.6 Å². The first-order valence-electron chi connectivity index (χ1n) is 6.62. The molecule has 2 aromatic heterocycles. The minimum atomic E-state index is -0.00101. The highest BCUT2D eigenvalue weighted by Gasteiger charge is 2.16. The number of hydrogen-bond acceptors (Lipinski definition) is 3. The zero-order valence-electron chi connectivity index (χ0n) is 10.7. The largest absolute Gasteiger partial charge is 0.376 e. The molecule has 3 rings (SSSR count). The third-order valence-corrected chi connectivity index (χ3v) is 3.31. The Morgan fingerprint density at radius 2 is 2.47 bits per heavy atom. The maximum Gasteiger partial charge on any atom is 0.226 e. The van der Waals surface area contributed by atoms with E-state index in [-0.39, 0.29) is 12.0 Å². The number of rotatable bonds is 4. The van der Waals surface area contributed by atoms with Gasteiger partial charge in [-0.15, -0.1) is 0 Å². The molecule has 1 N–H and O–H groups in total. The number of aromatic nitrogens is 2. The summed E-state index contributed by atoms with van der Waals surface area (Å²) in [5.74, 6) is -0.00101. The lowest BCUT2D eigenvalue weighted by atomic mass is 10.2. The summed E-state index contributed by atoms with van der Waals surface area (Å²) in [4.78, 5) is 16.2. The van der Waals surface area contributed by atoms with Crippen LogP contribution in [0.15, 0.2) is 30.6 Å². The van der Waals surface area contributed by atoms with Crippen molar-refractivity contribution in [3.05, 3.63) is 36.3 Å². The second-order valence-electron chi connectivity index (χ2n) is 4.81. The van der Waals surface area contributed by atoms with Crippen LogP contribution in [0.2, 0.25) is 0 Å². The molecule has 1 amide bonds. The first-order valence-corrected chi connectivity index (χ1v) is 6.62. The second-order valence-corrected chi connectivity index (χ2v) is 4.81. The highest BCUT2D eigenvalue weighted by atomic mass is 16.5. The molecule has 0 aliphatic carbocycles. The highest BCUT2D eigenvalue weighted by molar-refractivity contribution is 5.78. The molecule has 5 nitrogen and oxygen atoms in total. The molecular weight excluding hydrogens is 242 g/mol. The Kier molecular flexibility index (Phi) is 3.46. The molecule has 0 saturated carbocycles. The molecule has 0 bridgehead atoms. The predicted molar refractivity (Wildman–Crippen MR) is 70.9 cm³/mol. The number of ether oxygens (including phenoxy) is 1. The van der Waals surface area contributed by atoms with Crippen LogP contribution in [-0.2, 0) is 16.0 Å². The van der Waals surface area contributed by atoms with Gasteiger partial charge in [0.15, 0.2) is 0 Å². The van der Waals surface area contributed by atoms with Crippen LogP contribution in [0.5, 0.6) is 0 Å². The quantitative estimate of drug-likeness (QED) is 0.896. The van der Waals surface area contributed by atoms with Crippen molar-refractivity contribution in [2.24, 2.45) is 0 Å². The molecule has 1 atom stereocenters. The first kappa shape index (κ1) is 12.2. The van der Waals surface area contributed by atoms with Crippen LogP contribution in [0.3, 0.4) is 0 Å². The molecule has 1 fully saturated rings. The number of pyridine rings is 1. The van der Waals surface area contributed by atoms with Gasteiger partial charge in [-0.3, -0.25) is 4.79 Å². The van der Waals surface area contributed by atoms with Gasteiger partial charge in [-0.1, -0.05) is 6.07 Å². The Hall–Kier alpha value is -1.88. The number of carbonyl (C=O) groups excluding carboxylic acids is 1. The van der Waals surface area contributed by atoms with Crippen molar-refractivity contribution in [1.82, 2.24) is 14.7 Å². The summed E-state index contributed by atoms with van der Waals surface area (Å²) >= 11 is 0. The summed E-state index contributed by atoms with van der Waals surface area (Å²) in [6.45, 7) is 1.42. The summed E-state index contributed by atoms with van der Waals surface area (Å²) < 4.78 is 7.39. The number of amides is 1. The summed E-state index contributed by atoms with van der Waals surface area (Å²) in [6, 6.07) is 5.80. The predicted octanol–water partition coefficient (Wildman–Crippen LogP) is 1.17. The van der Waals surface area contributed by atoms with E-state index in [0.29, 0.717) is 13.0 Å². The maximum atomic E-state index is 11.8. The van der Waals surface area contributed by atoms with Crippen molar-refractivity contribution in [2.45, 2.75) is 25.4 Å². The van der Waals surface area contributed by atoms with Crippen molar-refractivity contribution in [3.63, 3.8) is 0 Å². The third-order valence-electron chi connectivity index (χ3n) is 3.31. The van der Waals surface area contributed by atoms with Gasteiger partial charge in [0.2, 0.25) is 5.91 Å². The van der Waals surface area contributed by atoms with Crippen LogP contribution in [0.4, 0.5) is 0 Å². The highest BCUT2D eigenvalue weighted by Crippen LogP contribution is 2.10.